The van der Waals surface area contributed by atoms with Crippen LogP contribution < -0.4 is 10.1 Å². The summed E-state index contributed by atoms with van der Waals surface area (Å²) in [6.45, 7) is 6.31. The number of unbranched alkanes of at least 4 members (excludes halogenated alkanes) is 2. The van der Waals surface area contributed by atoms with E-state index in [0.29, 0.717) is 6.04 Å². The van der Waals surface area contributed by atoms with Crippen LogP contribution in [0.2, 0.25) is 0 Å². The second-order valence-corrected chi connectivity index (χ2v) is 5.71. The second kappa shape index (κ2) is 7.54. The van der Waals surface area contributed by atoms with Crippen LogP contribution in [-0.4, -0.2) is 12.6 Å². The number of benzene rings is 1. The highest BCUT2D eigenvalue weighted by atomic mass is 16.5. The van der Waals surface area contributed by atoms with Gasteiger partial charge in [-0.15, -0.1) is 0 Å². The first-order valence-electron chi connectivity index (χ1n) is 7.74. The van der Waals surface area contributed by atoms with Crippen molar-refractivity contribution in [1.29, 1.82) is 0 Å². The van der Waals surface area contributed by atoms with Gasteiger partial charge in [0.1, 0.15) is 5.75 Å². The third-order valence-corrected chi connectivity index (χ3v) is 3.90. The summed E-state index contributed by atoms with van der Waals surface area (Å²) < 4.78 is 5.72. The van der Waals surface area contributed by atoms with E-state index < -0.39 is 0 Å². The lowest BCUT2D eigenvalue weighted by atomic mass is 10.1. The minimum atomic E-state index is 0.657. The summed E-state index contributed by atoms with van der Waals surface area (Å²) in [4.78, 5) is 0. The van der Waals surface area contributed by atoms with E-state index in [1.54, 1.807) is 0 Å². The van der Waals surface area contributed by atoms with Crippen LogP contribution >= 0.6 is 0 Å². The standard InChI is InChI=1S/C17H27NO/c1-3-4-5-12-19-17-10-6-15(7-11-17)13-18-14(2)16-8-9-16/h6-7,10-11,14,16,18H,3-5,8-9,12-13H2,1-2H3. The zero-order chi connectivity index (χ0) is 13.5. The molecule has 19 heavy (non-hydrogen) atoms. The van der Waals surface area contributed by atoms with E-state index in [-0.39, 0.29) is 0 Å². The molecule has 106 valence electrons. The van der Waals surface area contributed by atoms with Gasteiger partial charge >= 0.3 is 0 Å². The Balaban J connectivity index is 1.68. The number of ether oxygens (including phenoxy) is 1. The van der Waals surface area contributed by atoms with Gasteiger partial charge in [0.05, 0.1) is 6.61 Å². The topological polar surface area (TPSA) is 21.3 Å². The minimum Gasteiger partial charge on any atom is -0.494 e. The van der Waals surface area contributed by atoms with Crippen molar-refractivity contribution in [2.75, 3.05) is 6.61 Å². The quantitative estimate of drug-likeness (QED) is 0.674. The van der Waals surface area contributed by atoms with Crippen molar-refractivity contribution >= 4 is 0 Å². The van der Waals surface area contributed by atoms with Gasteiger partial charge in [0, 0.05) is 12.6 Å². The zero-order valence-corrected chi connectivity index (χ0v) is 12.3. The molecule has 0 saturated heterocycles. The van der Waals surface area contributed by atoms with Gasteiger partial charge in [0.2, 0.25) is 0 Å². The van der Waals surface area contributed by atoms with E-state index in [9.17, 15) is 0 Å². The van der Waals surface area contributed by atoms with Crippen LogP contribution in [0.3, 0.4) is 0 Å². The molecule has 1 unspecified atom stereocenters. The Labute approximate surface area is 117 Å². The van der Waals surface area contributed by atoms with Gasteiger partial charge in [-0.2, -0.15) is 0 Å². The van der Waals surface area contributed by atoms with Crippen LogP contribution in [0.4, 0.5) is 0 Å². The normalized spacial score (nSPS) is 16.3. The van der Waals surface area contributed by atoms with Crippen molar-refractivity contribution in [2.45, 2.75) is 58.5 Å². The fourth-order valence-electron chi connectivity index (χ4n) is 2.29. The maximum Gasteiger partial charge on any atom is 0.119 e. The lowest BCUT2D eigenvalue weighted by molar-refractivity contribution is 0.306. The molecule has 0 aliphatic heterocycles. The lowest BCUT2D eigenvalue weighted by Gasteiger charge is -2.13. The van der Waals surface area contributed by atoms with Crippen molar-refractivity contribution in [2.24, 2.45) is 5.92 Å². The lowest BCUT2D eigenvalue weighted by Crippen LogP contribution is -2.27. The molecule has 0 heterocycles. The summed E-state index contributed by atoms with van der Waals surface area (Å²) in [5.74, 6) is 1.91. The van der Waals surface area contributed by atoms with Crippen molar-refractivity contribution in [1.82, 2.24) is 5.32 Å². The largest absolute Gasteiger partial charge is 0.494 e. The van der Waals surface area contributed by atoms with E-state index in [2.05, 4.69) is 43.4 Å². The monoisotopic (exact) mass is 261 g/mol. The Bertz CT molecular complexity index is 356. The Morgan fingerprint density at radius 1 is 1.21 bits per heavy atom. The first kappa shape index (κ1) is 14.4. The third-order valence-electron chi connectivity index (χ3n) is 3.90. The van der Waals surface area contributed by atoms with Gasteiger partial charge in [-0.1, -0.05) is 31.9 Å². The molecule has 1 aromatic rings. The van der Waals surface area contributed by atoms with E-state index >= 15 is 0 Å². The number of hydrogen-bond acceptors (Lipinski definition) is 2. The van der Waals surface area contributed by atoms with Gasteiger partial charge in [0.25, 0.3) is 0 Å². The Hall–Kier alpha value is -1.02. The summed E-state index contributed by atoms with van der Waals surface area (Å²) >= 11 is 0. The fraction of sp³-hybridized carbons (Fsp3) is 0.647. The van der Waals surface area contributed by atoms with Gasteiger partial charge in [-0.25, -0.2) is 0 Å². The van der Waals surface area contributed by atoms with Crippen molar-refractivity contribution in [3.05, 3.63) is 29.8 Å². The molecule has 0 bridgehead atoms. The Morgan fingerprint density at radius 3 is 2.58 bits per heavy atom. The van der Waals surface area contributed by atoms with Crippen molar-refractivity contribution in [3.63, 3.8) is 0 Å². The molecule has 2 rings (SSSR count). The number of nitrogens with one attached hydrogen (secondary N) is 1. The molecule has 2 nitrogen and oxygen atoms in total. The van der Waals surface area contributed by atoms with Crippen molar-refractivity contribution in [3.8, 4) is 5.75 Å². The van der Waals surface area contributed by atoms with E-state index in [1.807, 2.05) is 0 Å². The summed E-state index contributed by atoms with van der Waals surface area (Å²) in [7, 11) is 0. The summed E-state index contributed by atoms with van der Waals surface area (Å²) in [5, 5.41) is 3.60. The molecule has 1 N–H and O–H groups in total. The number of rotatable bonds is 9. The average Bonchev–Trinajstić information content (AvgIpc) is 3.27. The maximum atomic E-state index is 5.72. The summed E-state index contributed by atoms with van der Waals surface area (Å²) in [6, 6.07) is 9.17. The van der Waals surface area contributed by atoms with Gasteiger partial charge in [-0.3, -0.25) is 0 Å². The SMILES string of the molecule is CCCCCOc1ccc(CNC(C)C2CC2)cc1. The zero-order valence-electron chi connectivity index (χ0n) is 12.3. The minimum absolute atomic E-state index is 0.657. The predicted molar refractivity (Wildman–Crippen MR) is 80.5 cm³/mol. The smallest absolute Gasteiger partial charge is 0.119 e. The van der Waals surface area contributed by atoms with Crippen LogP contribution in [0.5, 0.6) is 5.75 Å². The van der Waals surface area contributed by atoms with E-state index in [1.165, 1.54) is 31.2 Å². The van der Waals surface area contributed by atoms with E-state index in [4.69, 9.17) is 4.74 Å². The first-order valence-corrected chi connectivity index (χ1v) is 7.74. The molecule has 0 spiro atoms. The molecular weight excluding hydrogens is 234 g/mol. The fourth-order valence-corrected chi connectivity index (χ4v) is 2.29. The Kier molecular flexibility index (Phi) is 5.71. The van der Waals surface area contributed by atoms with Gasteiger partial charge in [-0.05, 0) is 49.8 Å². The average molecular weight is 261 g/mol. The molecule has 1 aliphatic carbocycles. The van der Waals surface area contributed by atoms with Gasteiger partial charge in [0.15, 0.2) is 0 Å². The van der Waals surface area contributed by atoms with Crippen LogP contribution in [0.15, 0.2) is 24.3 Å². The highest BCUT2D eigenvalue weighted by Gasteiger charge is 2.27. The highest BCUT2D eigenvalue weighted by Crippen LogP contribution is 2.32. The van der Waals surface area contributed by atoms with Gasteiger partial charge < -0.3 is 10.1 Å². The molecule has 2 heteroatoms. The van der Waals surface area contributed by atoms with Crippen LogP contribution in [-0.2, 0) is 6.54 Å². The first-order chi connectivity index (χ1) is 9.29. The summed E-state index contributed by atoms with van der Waals surface area (Å²) in [6.07, 6.45) is 6.45. The van der Waals surface area contributed by atoms with Crippen LogP contribution in [0.1, 0.15) is 51.5 Å². The Morgan fingerprint density at radius 2 is 1.95 bits per heavy atom. The molecule has 1 aliphatic rings. The molecule has 0 radical (unpaired) electrons. The molecule has 1 saturated carbocycles. The summed E-state index contributed by atoms with van der Waals surface area (Å²) in [5.41, 5.74) is 1.34. The van der Waals surface area contributed by atoms with Crippen LogP contribution in [0.25, 0.3) is 0 Å². The molecule has 1 atom stereocenters. The highest BCUT2D eigenvalue weighted by molar-refractivity contribution is 5.27. The molecular formula is C17H27NO. The molecule has 1 fully saturated rings. The second-order valence-electron chi connectivity index (χ2n) is 5.71. The number of hydrogen-bond donors (Lipinski definition) is 1. The molecule has 0 aromatic heterocycles. The third kappa shape index (κ3) is 5.23. The van der Waals surface area contributed by atoms with Crippen LogP contribution in [0, 0.1) is 5.92 Å². The van der Waals surface area contributed by atoms with E-state index in [0.717, 1.165) is 31.2 Å². The van der Waals surface area contributed by atoms with Crippen molar-refractivity contribution < 1.29 is 4.74 Å². The molecule has 1 aromatic carbocycles. The predicted octanol–water partition coefficient (Wildman–Crippen LogP) is 4.14. The molecule has 0 amide bonds. The maximum absolute atomic E-state index is 5.72.